The summed E-state index contributed by atoms with van der Waals surface area (Å²) in [5.41, 5.74) is 5.21. The van der Waals surface area contributed by atoms with Crippen molar-refractivity contribution in [2.75, 3.05) is 32.9 Å². The maximum Gasteiger partial charge on any atom is 0.244 e. The van der Waals surface area contributed by atoms with E-state index in [9.17, 15) is 12.8 Å². The van der Waals surface area contributed by atoms with Crippen molar-refractivity contribution in [1.82, 2.24) is 9.21 Å². The average molecular weight is 322 g/mol. The lowest BCUT2D eigenvalue weighted by molar-refractivity contribution is 0.302. The van der Waals surface area contributed by atoms with Crippen LogP contribution in [0.25, 0.3) is 0 Å². The standard InChI is InChI=1S/C12H17ClFN3O2S/c1-16(2)8-3-4-17(7-8)20(18,19)12-6-11(15)10(14)5-9(12)13/h5-6,8H,3-4,7,15H2,1-2H3. The molecule has 0 saturated carbocycles. The van der Waals surface area contributed by atoms with E-state index < -0.39 is 15.8 Å². The van der Waals surface area contributed by atoms with Gasteiger partial charge in [-0.25, -0.2) is 12.8 Å². The molecule has 2 rings (SSSR count). The number of hydrogen-bond acceptors (Lipinski definition) is 4. The zero-order valence-corrected chi connectivity index (χ0v) is 12.9. The predicted molar refractivity (Wildman–Crippen MR) is 76.7 cm³/mol. The Hall–Kier alpha value is -0.890. The second kappa shape index (κ2) is 5.48. The van der Waals surface area contributed by atoms with Gasteiger partial charge in [0.25, 0.3) is 0 Å². The second-order valence-corrected chi connectivity index (χ2v) is 7.39. The van der Waals surface area contributed by atoms with Crippen molar-refractivity contribution in [1.29, 1.82) is 0 Å². The van der Waals surface area contributed by atoms with Crippen LogP contribution in [0.5, 0.6) is 0 Å². The molecular weight excluding hydrogens is 305 g/mol. The van der Waals surface area contributed by atoms with Crippen molar-refractivity contribution in [2.45, 2.75) is 17.4 Å². The molecule has 0 aromatic heterocycles. The average Bonchev–Trinajstić information content (AvgIpc) is 2.83. The molecule has 1 saturated heterocycles. The van der Waals surface area contributed by atoms with Crippen molar-refractivity contribution < 1.29 is 12.8 Å². The Labute approximate surface area is 123 Å². The Morgan fingerprint density at radius 3 is 2.65 bits per heavy atom. The van der Waals surface area contributed by atoms with Crippen LogP contribution >= 0.6 is 11.6 Å². The van der Waals surface area contributed by atoms with Crippen LogP contribution in [0.1, 0.15) is 6.42 Å². The topological polar surface area (TPSA) is 66.6 Å². The van der Waals surface area contributed by atoms with Gasteiger partial charge in [0, 0.05) is 19.1 Å². The van der Waals surface area contributed by atoms with Crippen molar-refractivity contribution in [3.63, 3.8) is 0 Å². The Balaban J connectivity index is 2.35. The number of nitrogen functional groups attached to an aromatic ring is 1. The van der Waals surface area contributed by atoms with Gasteiger partial charge in [-0.1, -0.05) is 11.6 Å². The highest BCUT2D eigenvalue weighted by Crippen LogP contribution is 2.30. The SMILES string of the molecule is CN(C)C1CCN(S(=O)(=O)c2cc(N)c(F)cc2Cl)C1. The van der Waals surface area contributed by atoms with E-state index in [0.29, 0.717) is 13.1 Å². The molecule has 1 unspecified atom stereocenters. The van der Waals surface area contributed by atoms with E-state index >= 15 is 0 Å². The lowest BCUT2D eigenvalue weighted by Gasteiger charge is -2.20. The molecule has 1 aliphatic heterocycles. The van der Waals surface area contributed by atoms with Gasteiger partial charge in [-0.15, -0.1) is 0 Å². The third-order valence-electron chi connectivity index (χ3n) is 3.53. The summed E-state index contributed by atoms with van der Waals surface area (Å²) in [5.74, 6) is -0.721. The molecule has 8 heteroatoms. The number of nitrogens with two attached hydrogens (primary N) is 1. The van der Waals surface area contributed by atoms with Crippen LogP contribution in [0.2, 0.25) is 5.02 Å². The monoisotopic (exact) mass is 321 g/mol. The molecule has 1 atom stereocenters. The number of rotatable bonds is 3. The van der Waals surface area contributed by atoms with Gasteiger partial charge >= 0.3 is 0 Å². The Morgan fingerprint density at radius 2 is 2.10 bits per heavy atom. The highest BCUT2D eigenvalue weighted by molar-refractivity contribution is 7.89. The molecule has 0 radical (unpaired) electrons. The lowest BCUT2D eigenvalue weighted by Crippen LogP contribution is -2.34. The van der Waals surface area contributed by atoms with Crippen LogP contribution in [0.4, 0.5) is 10.1 Å². The lowest BCUT2D eigenvalue weighted by atomic mass is 10.2. The van der Waals surface area contributed by atoms with Crippen molar-refractivity contribution >= 4 is 27.3 Å². The molecule has 1 aliphatic rings. The fourth-order valence-corrected chi connectivity index (χ4v) is 4.25. The van der Waals surface area contributed by atoms with Crippen molar-refractivity contribution in [3.8, 4) is 0 Å². The van der Waals surface area contributed by atoms with E-state index in [0.717, 1.165) is 18.6 Å². The van der Waals surface area contributed by atoms with Crippen molar-refractivity contribution in [2.24, 2.45) is 0 Å². The number of halogens is 2. The van der Waals surface area contributed by atoms with E-state index in [4.69, 9.17) is 17.3 Å². The Kier molecular flexibility index (Phi) is 4.24. The van der Waals surface area contributed by atoms with E-state index in [2.05, 4.69) is 0 Å². The normalized spacial score (nSPS) is 20.8. The molecule has 20 heavy (non-hydrogen) atoms. The molecule has 0 amide bonds. The van der Waals surface area contributed by atoms with Crippen molar-refractivity contribution in [3.05, 3.63) is 23.0 Å². The molecular formula is C12H17ClFN3O2S. The fourth-order valence-electron chi connectivity index (χ4n) is 2.23. The van der Waals surface area contributed by atoms with Gasteiger partial charge in [-0.05, 0) is 32.6 Å². The molecule has 0 spiro atoms. The quantitative estimate of drug-likeness (QED) is 0.854. The minimum atomic E-state index is -3.75. The first kappa shape index (κ1) is 15.5. The number of likely N-dealkylation sites (N-methyl/N-ethyl adjacent to an activating group) is 1. The summed E-state index contributed by atoms with van der Waals surface area (Å²) in [5, 5.41) is -0.148. The predicted octanol–water partition coefficient (Wildman–Crippen LogP) is 1.39. The van der Waals surface area contributed by atoms with Crippen LogP contribution in [0.15, 0.2) is 17.0 Å². The van der Waals surface area contributed by atoms with Crippen LogP contribution in [0, 0.1) is 5.82 Å². The highest BCUT2D eigenvalue weighted by atomic mass is 35.5. The Bertz CT molecular complexity index is 621. The minimum absolute atomic E-state index is 0.141. The summed E-state index contributed by atoms with van der Waals surface area (Å²) >= 11 is 5.85. The molecule has 0 aliphatic carbocycles. The number of nitrogens with zero attached hydrogens (tertiary/aromatic N) is 2. The molecule has 1 aromatic rings. The van der Waals surface area contributed by atoms with E-state index in [1.807, 2.05) is 19.0 Å². The first-order valence-electron chi connectivity index (χ1n) is 6.14. The molecule has 2 N–H and O–H groups in total. The molecule has 1 heterocycles. The fraction of sp³-hybridized carbons (Fsp3) is 0.500. The van der Waals surface area contributed by atoms with Gasteiger partial charge in [-0.2, -0.15) is 4.31 Å². The third-order valence-corrected chi connectivity index (χ3v) is 5.86. The number of benzene rings is 1. The number of sulfonamides is 1. The van der Waals surface area contributed by atoms with Crippen LogP contribution in [0.3, 0.4) is 0 Å². The molecule has 112 valence electrons. The summed E-state index contributed by atoms with van der Waals surface area (Å²) in [6.45, 7) is 0.807. The van der Waals surface area contributed by atoms with Crippen LogP contribution < -0.4 is 5.73 Å². The van der Waals surface area contributed by atoms with E-state index in [-0.39, 0.29) is 21.6 Å². The molecule has 1 aromatic carbocycles. The van der Waals surface area contributed by atoms with Gasteiger partial charge in [0.15, 0.2) is 0 Å². The molecule has 0 bridgehead atoms. The first-order valence-corrected chi connectivity index (χ1v) is 7.96. The van der Waals surface area contributed by atoms with Gasteiger partial charge in [0.1, 0.15) is 10.7 Å². The zero-order valence-electron chi connectivity index (χ0n) is 11.3. The van der Waals surface area contributed by atoms with Crippen LogP contribution in [-0.2, 0) is 10.0 Å². The second-order valence-electron chi connectivity index (χ2n) is 5.07. The van der Waals surface area contributed by atoms with Gasteiger partial charge in [-0.3, -0.25) is 0 Å². The van der Waals surface area contributed by atoms with Gasteiger partial charge < -0.3 is 10.6 Å². The highest BCUT2D eigenvalue weighted by Gasteiger charge is 2.34. The number of anilines is 1. The molecule has 5 nitrogen and oxygen atoms in total. The zero-order chi connectivity index (χ0) is 15.1. The first-order chi connectivity index (χ1) is 9.23. The summed E-state index contributed by atoms with van der Waals surface area (Å²) in [6.07, 6.45) is 0.751. The summed E-state index contributed by atoms with van der Waals surface area (Å²) < 4.78 is 39.7. The minimum Gasteiger partial charge on any atom is -0.396 e. The van der Waals surface area contributed by atoms with E-state index in [1.54, 1.807) is 0 Å². The molecule has 1 fully saturated rings. The van der Waals surface area contributed by atoms with Crippen LogP contribution in [-0.4, -0.2) is 50.8 Å². The maximum atomic E-state index is 13.3. The third kappa shape index (κ3) is 2.76. The smallest absolute Gasteiger partial charge is 0.244 e. The number of hydrogen-bond donors (Lipinski definition) is 1. The summed E-state index contributed by atoms with van der Waals surface area (Å²) in [4.78, 5) is 1.84. The maximum absolute atomic E-state index is 13.3. The van der Waals surface area contributed by atoms with Gasteiger partial charge in [0.05, 0.1) is 10.7 Å². The van der Waals surface area contributed by atoms with Gasteiger partial charge in [0.2, 0.25) is 10.0 Å². The summed E-state index contributed by atoms with van der Waals surface area (Å²) in [7, 11) is 0.0658. The van der Waals surface area contributed by atoms with E-state index in [1.165, 1.54) is 4.31 Å². The largest absolute Gasteiger partial charge is 0.396 e. The summed E-state index contributed by atoms with van der Waals surface area (Å²) in [6, 6.07) is 2.18. The Morgan fingerprint density at radius 1 is 1.45 bits per heavy atom.